The van der Waals surface area contributed by atoms with Crippen LogP contribution in [0.3, 0.4) is 0 Å². The van der Waals surface area contributed by atoms with E-state index in [1.807, 2.05) is 20.4 Å². The quantitative estimate of drug-likeness (QED) is 0.738. The Balaban J connectivity index is -0.000000123. The maximum atomic E-state index is 8.00. The average molecular weight is 290 g/mol. The minimum absolute atomic E-state index is 0. The number of rotatable bonds is 0. The summed E-state index contributed by atoms with van der Waals surface area (Å²) in [7, 11) is 0. The molecule has 0 aliphatic heterocycles. The Morgan fingerprint density at radius 2 is 0.833 bits per heavy atom. The Hall–Kier alpha value is -1.24. The van der Waals surface area contributed by atoms with Crippen molar-refractivity contribution in [1.82, 2.24) is 0 Å². The van der Waals surface area contributed by atoms with Gasteiger partial charge < -0.3 is 14.4 Å². The van der Waals surface area contributed by atoms with Gasteiger partial charge in [-0.3, -0.25) is 0 Å². The zero-order chi connectivity index (χ0) is 14.6. The van der Waals surface area contributed by atoms with Gasteiger partial charge in [0.05, 0.1) is 0 Å². The summed E-state index contributed by atoms with van der Waals surface area (Å²) in [6, 6.07) is 2.26. The molecule has 0 spiro atoms. The van der Waals surface area contributed by atoms with Gasteiger partial charge in [0.2, 0.25) is 0 Å². The molecule has 1 rings (SSSR count). The number of hydrogen-bond donors (Lipinski definition) is 0. The third kappa shape index (κ3) is 7.94. The van der Waals surface area contributed by atoms with E-state index in [0.29, 0.717) is 0 Å². The van der Waals surface area contributed by atoms with Crippen molar-refractivity contribution in [2.45, 2.75) is 34.6 Å². The third-order valence-corrected chi connectivity index (χ3v) is 2.74. The van der Waals surface area contributed by atoms with Crippen molar-refractivity contribution in [2.75, 3.05) is 0 Å². The van der Waals surface area contributed by atoms with E-state index in [1.54, 1.807) is 0 Å². The van der Waals surface area contributed by atoms with E-state index in [1.165, 1.54) is 27.8 Å². The van der Waals surface area contributed by atoms with Crippen molar-refractivity contribution in [3.8, 4) is 0 Å². The van der Waals surface area contributed by atoms with E-state index in [2.05, 4.69) is 40.7 Å². The van der Waals surface area contributed by atoms with Gasteiger partial charge in [-0.25, -0.2) is 0 Å². The standard InChI is InChI=1S/C11H16.3CH2O.Cr/c1-7-6-8(2)10(4)11(5)9(7)3;3*1-2;/h6H,1-5H3;3*1H2;. The third-order valence-electron chi connectivity index (χ3n) is 2.74. The summed E-state index contributed by atoms with van der Waals surface area (Å²) in [6.07, 6.45) is 0. The van der Waals surface area contributed by atoms with Crippen LogP contribution in [0, 0.1) is 34.6 Å². The summed E-state index contributed by atoms with van der Waals surface area (Å²) in [5, 5.41) is 0. The van der Waals surface area contributed by atoms with Crippen LogP contribution in [0.1, 0.15) is 27.8 Å². The molecule has 0 saturated heterocycles. The monoisotopic (exact) mass is 290 g/mol. The van der Waals surface area contributed by atoms with Gasteiger partial charge in [-0.1, -0.05) is 6.07 Å². The minimum Gasteiger partial charge on any atom is -0.307 e. The van der Waals surface area contributed by atoms with Crippen LogP contribution < -0.4 is 0 Å². The molecular formula is C14H22CrO3. The van der Waals surface area contributed by atoms with Gasteiger partial charge >= 0.3 is 0 Å². The Morgan fingerprint density at radius 1 is 0.611 bits per heavy atom. The molecule has 0 aromatic heterocycles. The first-order valence-corrected chi connectivity index (χ1v) is 4.94. The molecule has 102 valence electrons. The van der Waals surface area contributed by atoms with E-state index in [0.717, 1.165) is 0 Å². The Kier molecular flexibility index (Phi) is 22.4. The molecule has 0 fully saturated rings. The molecule has 0 radical (unpaired) electrons. The van der Waals surface area contributed by atoms with Gasteiger partial charge in [-0.05, 0) is 62.4 Å². The molecule has 18 heavy (non-hydrogen) atoms. The van der Waals surface area contributed by atoms with E-state index >= 15 is 0 Å². The van der Waals surface area contributed by atoms with E-state index in [-0.39, 0.29) is 17.4 Å². The maximum absolute atomic E-state index is 8.00. The number of aryl methyl sites for hydroxylation is 2. The largest absolute Gasteiger partial charge is 0.307 e. The van der Waals surface area contributed by atoms with Gasteiger partial charge in [0.1, 0.15) is 20.4 Å². The summed E-state index contributed by atoms with van der Waals surface area (Å²) in [5.74, 6) is 0. The van der Waals surface area contributed by atoms with E-state index in [9.17, 15) is 0 Å². The molecule has 0 atom stereocenters. The number of benzene rings is 1. The second-order valence-electron chi connectivity index (χ2n) is 3.39. The molecule has 0 aliphatic carbocycles. The molecule has 0 saturated carbocycles. The fourth-order valence-electron chi connectivity index (χ4n) is 1.41. The van der Waals surface area contributed by atoms with Crippen LogP contribution in [-0.4, -0.2) is 20.4 Å². The molecule has 0 unspecified atom stereocenters. The van der Waals surface area contributed by atoms with Crippen molar-refractivity contribution < 1.29 is 31.7 Å². The first-order valence-electron chi connectivity index (χ1n) is 4.94. The number of hydrogen-bond acceptors (Lipinski definition) is 3. The smallest absolute Gasteiger partial charge is 0.106 e. The van der Waals surface area contributed by atoms with Crippen molar-refractivity contribution >= 4 is 20.4 Å². The fourth-order valence-corrected chi connectivity index (χ4v) is 1.41. The van der Waals surface area contributed by atoms with Gasteiger partial charge in [-0.15, -0.1) is 0 Å². The molecular weight excluding hydrogens is 268 g/mol. The van der Waals surface area contributed by atoms with Crippen LogP contribution in [0.5, 0.6) is 0 Å². The summed E-state index contributed by atoms with van der Waals surface area (Å²) >= 11 is 0. The zero-order valence-corrected chi connectivity index (χ0v) is 13.1. The molecule has 0 amide bonds. The molecule has 1 aromatic carbocycles. The van der Waals surface area contributed by atoms with Crippen LogP contribution in [-0.2, 0) is 31.7 Å². The predicted octanol–water partition coefficient (Wildman–Crippen LogP) is 2.67. The second kappa shape index (κ2) is 15.8. The van der Waals surface area contributed by atoms with Crippen molar-refractivity contribution in [1.29, 1.82) is 0 Å². The van der Waals surface area contributed by atoms with Gasteiger partial charge in [-0.2, -0.15) is 0 Å². The SMILES string of the molecule is C=O.C=O.C=O.Cc1cc(C)c(C)c(C)c1C.[Cr]. The molecule has 0 heterocycles. The normalized spacial score (nSPS) is 6.94. The van der Waals surface area contributed by atoms with E-state index in [4.69, 9.17) is 14.4 Å². The Labute approximate surface area is 121 Å². The second-order valence-corrected chi connectivity index (χ2v) is 3.39. The van der Waals surface area contributed by atoms with E-state index < -0.39 is 0 Å². The van der Waals surface area contributed by atoms with Crippen LogP contribution in [0.15, 0.2) is 6.07 Å². The summed E-state index contributed by atoms with van der Waals surface area (Å²) in [6.45, 7) is 16.9. The number of carbonyl (C=O) groups is 3. The molecule has 0 aliphatic rings. The summed E-state index contributed by atoms with van der Waals surface area (Å²) < 4.78 is 0. The van der Waals surface area contributed by atoms with Crippen LogP contribution in [0.4, 0.5) is 0 Å². The Morgan fingerprint density at radius 3 is 1.06 bits per heavy atom. The average Bonchev–Trinajstić information content (AvgIpc) is 2.41. The van der Waals surface area contributed by atoms with Gasteiger partial charge in [0, 0.05) is 17.4 Å². The molecule has 0 N–H and O–H groups in total. The van der Waals surface area contributed by atoms with Gasteiger partial charge in [0.25, 0.3) is 0 Å². The molecule has 0 bridgehead atoms. The van der Waals surface area contributed by atoms with Crippen LogP contribution in [0.2, 0.25) is 0 Å². The molecule has 4 heteroatoms. The summed E-state index contributed by atoms with van der Waals surface area (Å²) in [4.78, 5) is 24.0. The summed E-state index contributed by atoms with van der Waals surface area (Å²) in [5.41, 5.74) is 7.14. The first-order chi connectivity index (χ1) is 8.04. The number of carbonyl (C=O) groups excluding carboxylic acids is 3. The van der Waals surface area contributed by atoms with Crippen molar-refractivity contribution in [3.05, 3.63) is 33.9 Å². The first kappa shape index (κ1) is 25.6. The maximum Gasteiger partial charge on any atom is 0.106 e. The molecule has 1 aromatic rings. The van der Waals surface area contributed by atoms with Crippen molar-refractivity contribution in [2.24, 2.45) is 0 Å². The van der Waals surface area contributed by atoms with Crippen LogP contribution in [0.25, 0.3) is 0 Å². The van der Waals surface area contributed by atoms with Gasteiger partial charge in [0.15, 0.2) is 0 Å². The minimum atomic E-state index is 0. The van der Waals surface area contributed by atoms with Crippen LogP contribution >= 0.6 is 0 Å². The zero-order valence-electron chi connectivity index (χ0n) is 11.8. The predicted molar refractivity (Wildman–Crippen MR) is 71.5 cm³/mol. The Bertz CT molecular complexity index is 307. The fraction of sp³-hybridized carbons (Fsp3) is 0.357. The van der Waals surface area contributed by atoms with Crippen molar-refractivity contribution in [3.63, 3.8) is 0 Å². The molecule has 3 nitrogen and oxygen atoms in total. The topological polar surface area (TPSA) is 51.2 Å².